The standard InChI is InChI=1S/C19H14Cl2N2O3S/c1-26-16-7-11-5-3-2-4-10(11)6-13(16)18(25)23-19(27)22-15-9-12(20)8-14(21)17(15)24/h2-9,24H,1H3,(H2,22,23,25,27). The van der Waals surface area contributed by atoms with E-state index in [1.165, 1.54) is 19.2 Å². The lowest BCUT2D eigenvalue weighted by molar-refractivity contribution is 0.0975. The van der Waals surface area contributed by atoms with Crippen LogP contribution in [0.5, 0.6) is 11.5 Å². The van der Waals surface area contributed by atoms with Gasteiger partial charge in [0.25, 0.3) is 5.91 Å². The first kappa shape index (κ1) is 19.2. The quantitative estimate of drug-likeness (QED) is 0.411. The van der Waals surface area contributed by atoms with Gasteiger partial charge in [0.1, 0.15) is 5.75 Å². The summed E-state index contributed by atoms with van der Waals surface area (Å²) < 4.78 is 5.33. The van der Waals surface area contributed by atoms with Crippen LogP contribution >= 0.6 is 35.4 Å². The Labute approximate surface area is 170 Å². The van der Waals surface area contributed by atoms with Crippen LogP contribution in [0.1, 0.15) is 10.4 Å². The lowest BCUT2D eigenvalue weighted by atomic mass is 10.1. The molecule has 0 heterocycles. The molecule has 0 saturated heterocycles. The number of rotatable bonds is 3. The number of nitrogens with one attached hydrogen (secondary N) is 2. The fourth-order valence-electron chi connectivity index (χ4n) is 2.55. The second kappa shape index (κ2) is 8.00. The van der Waals surface area contributed by atoms with Gasteiger partial charge in [-0.3, -0.25) is 10.1 Å². The first-order valence-electron chi connectivity index (χ1n) is 7.76. The predicted molar refractivity (Wildman–Crippen MR) is 112 cm³/mol. The number of amides is 1. The minimum Gasteiger partial charge on any atom is -0.504 e. The molecule has 0 aliphatic heterocycles. The van der Waals surface area contributed by atoms with E-state index >= 15 is 0 Å². The summed E-state index contributed by atoms with van der Waals surface area (Å²) >= 11 is 16.9. The number of methoxy groups -OCH3 is 1. The highest BCUT2D eigenvalue weighted by atomic mass is 35.5. The summed E-state index contributed by atoms with van der Waals surface area (Å²) in [6.45, 7) is 0. The number of hydrogen-bond acceptors (Lipinski definition) is 4. The Balaban J connectivity index is 1.83. The first-order chi connectivity index (χ1) is 12.9. The fraction of sp³-hybridized carbons (Fsp3) is 0.0526. The maximum absolute atomic E-state index is 12.7. The van der Waals surface area contributed by atoms with Gasteiger partial charge in [0.2, 0.25) is 0 Å². The largest absolute Gasteiger partial charge is 0.504 e. The third-order valence-electron chi connectivity index (χ3n) is 3.82. The highest BCUT2D eigenvalue weighted by Gasteiger charge is 2.16. The monoisotopic (exact) mass is 420 g/mol. The zero-order valence-electron chi connectivity index (χ0n) is 14.0. The van der Waals surface area contributed by atoms with Crippen molar-refractivity contribution < 1.29 is 14.6 Å². The molecule has 0 radical (unpaired) electrons. The predicted octanol–water partition coefficient (Wildman–Crippen LogP) is 4.99. The number of hydrogen-bond donors (Lipinski definition) is 3. The maximum Gasteiger partial charge on any atom is 0.261 e. The third-order valence-corrected chi connectivity index (χ3v) is 4.53. The number of phenols is 1. The van der Waals surface area contributed by atoms with Crippen LogP contribution in [-0.2, 0) is 0 Å². The maximum atomic E-state index is 12.7. The van der Waals surface area contributed by atoms with Crippen LogP contribution in [0.15, 0.2) is 48.5 Å². The van der Waals surface area contributed by atoms with E-state index in [1.807, 2.05) is 24.3 Å². The number of carbonyl (C=O) groups is 1. The van der Waals surface area contributed by atoms with Gasteiger partial charge in [-0.1, -0.05) is 47.5 Å². The Morgan fingerprint density at radius 1 is 1.11 bits per heavy atom. The van der Waals surface area contributed by atoms with Gasteiger partial charge in [-0.25, -0.2) is 0 Å². The number of benzene rings is 3. The minimum atomic E-state index is -0.456. The van der Waals surface area contributed by atoms with Gasteiger partial charge in [0, 0.05) is 5.02 Å². The van der Waals surface area contributed by atoms with E-state index in [4.69, 9.17) is 40.2 Å². The molecule has 0 fully saturated rings. The molecule has 0 aliphatic rings. The second-order valence-electron chi connectivity index (χ2n) is 5.59. The smallest absolute Gasteiger partial charge is 0.261 e. The Morgan fingerprint density at radius 2 is 1.78 bits per heavy atom. The SMILES string of the molecule is COc1cc2ccccc2cc1C(=O)NC(=S)Nc1cc(Cl)cc(Cl)c1O. The van der Waals surface area contributed by atoms with Crippen LogP contribution in [0, 0.1) is 0 Å². The molecular formula is C19H14Cl2N2O3S. The van der Waals surface area contributed by atoms with E-state index < -0.39 is 5.91 Å². The molecule has 0 aliphatic carbocycles. The Hall–Kier alpha value is -2.54. The highest BCUT2D eigenvalue weighted by Crippen LogP contribution is 2.35. The van der Waals surface area contributed by atoms with Crippen LogP contribution in [0.3, 0.4) is 0 Å². The second-order valence-corrected chi connectivity index (χ2v) is 6.84. The van der Waals surface area contributed by atoms with Crippen molar-refractivity contribution >= 4 is 62.9 Å². The van der Waals surface area contributed by atoms with Crippen molar-refractivity contribution in [3.8, 4) is 11.5 Å². The van der Waals surface area contributed by atoms with E-state index in [2.05, 4.69) is 10.6 Å². The lowest BCUT2D eigenvalue weighted by Crippen LogP contribution is -2.34. The van der Waals surface area contributed by atoms with Crippen molar-refractivity contribution in [3.05, 3.63) is 64.1 Å². The Morgan fingerprint density at radius 3 is 2.44 bits per heavy atom. The summed E-state index contributed by atoms with van der Waals surface area (Å²) in [5, 5.41) is 17.4. The fourth-order valence-corrected chi connectivity index (χ4v) is 3.25. The molecule has 27 heavy (non-hydrogen) atoms. The molecule has 0 saturated carbocycles. The first-order valence-corrected chi connectivity index (χ1v) is 8.92. The zero-order valence-corrected chi connectivity index (χ0v) is 16.4. The van der Waals surface area contributed by atoms with Crippen LogP contribution in [-0.4, -0.2) is 23.2 Å². The number of thiocarbonyl (C=S) groups is 1. The van der Waals surface area contributed by atoms with Gasteiger partial charge < -0.3 is 15.2 Å². The number of halogens is 2. The summed E-state index contributed by atoms with van der Waals surface area (Å²) in [5.41, 5.74) is 0.511. The average molecular weight is 421 g/mol. The summed E-state index contributed by atoms with van der Waals surface area (Å²) in [6.07, 6.45) is 0. The van der Waals surface area contributed by atoms with Crippen molar-refractivity contribution in [2.24, 2.45) is 0 Å². The minimum absolute atomic E-state index is 0.0242. The van der Waals surface area contributed by atoms with Gasteiger partial charge in [-0.15, -0.1) is 0 Å². The number of ether oxygens (including phenoxy) is 1. The van der Waals surface area contributed by atoms with Crippen molar-refractivity contribution in [3.63, 3.8) is 0 Å². The number of aromatic hydroxyl groups is 1. The van der Waals surface area contributed by atoms with Gasteiger partial charge in [-0.05, 0) is 47.3 Å². The van der Waals surface area contributed by atoms with E-state index in [9.17, 15) is 9.90 Å². The van der Waals surface area contributed by atoms with E-state index in [-0.39, 0.29) is 21.6 Å². The molecule has 0 aromatic heterocycles. The summed E-state index contributed by atoms with van der Waals surface area (Å²) in [5.74, 6) is -0.258. The van der Waals surface area contributed by atoms with Crippen LogP contribution in [0.4, 0.5) is 5.69 Å². The molecule has 1 amide bonds. The summed E-state index contributed by atoms with van der Waals surface area (Å²) in [7, 11) is 1.49. The highest BCUT2D eigenvalue weighted by molar-refractivity contribution is 7.80. The molecule has 0 unspecified atom stereocenters. The topological polar surface area (TPSA) is 70.6 Å². The molecule has 3 rings (SSSR count). The molecule has 3 aromatic rings. The molecule has 0 bridgehead atoms. The number of anilines is 1. The van der Waals surface area contributed by atoms with E-state index in [0.29, 0.717) is 16.3 Å². The Bertz CT molecular complexity index is 1060. The molecule has 5 nitrogen and oxygen atoms in total. The molecule has 8 heteroatoms. The van der Waals surface area contributed by atoms with Gasteiger partial charge in [0.15, 0.2) is 10.9 Å². The zero-order chi connectivity index (χ0) is 19.6. The van der Waals surface area contributed by atoms with E-state index in [1.54, 1.807) is 12.1 Å². The molecule has 0 atom stereocenters. The van der Waals surface area contributed by atoms with Gasteiger partial charge in [-0.2, -0.15) is 0 Å². The lowest BCUT2D eigenvalue weighted by Gasteiger charge is -2.14. The van der Waals surface area contributed by atoms with Crippen molar-refractivity contribution in [2.45, 2.75) is 0 Å². The van der Waals surface area contributed by atoms with Crippen LogP contribution in [0.2, 0.25) is 10.0 Å². The molecule has 0 spiro atoms. The van der Waals surface area contributed by atoms with Crippen LogP contribution < -0.4 is 15.4 Å². The number of phenolic OH excluding ortho intramolecular Hbond substituents is 1. The van der Waals surface area contributed by atoms with Crippen LogP contribution in [0.25, 0.3) is 10.8 Å². The Kier molecular flexibility index (Phi) is 5.70. The number of carbonyl (C=O) groups excluding carboxylic acids is 1. The summed E-state index contributed by atoms with van der Waals surface area (Å²) in [6, 6.07) is 14.0. The molecular weight excluding hydrogens is 407 g/mol. The number of fused-ring (bicyclic) bond motifs is 1. The van der Waals surface area contributed by atoms with E-state index in [0.717, 1.165) is 10.8 Å². The van der Waals surface area contributed by atoms with Crippen molar-refractivity contribution in [1.29, 1.82) is 0 Å². The molecule has 3 aromatic carbocycles. The molecule has 3 N–H and O–H groups in total. The molecule has 138 valence electrons. The van der Waals surface area contributed by atoms with Gasteiger partial charge >= 0.3 is 0 Å². The normalized spacial score (nSPS) is 10.5. The van der Waals surface area contributed by atoms with Crippen molar-refractivity contribution in [2.75, 3.05) is 12.4 Å². The summed E-state index contributed by atoms with van der Waals surface area (Å²) in [4.78, 5) is 12.7. The van der Waals surface area contributed by atoms with Gasteiger partial charge in [0.05, 0.1) is 23.4 Å². The third kappa shape index (κ3) is 4.24. The average Bonchev–Trinajstić information content (AvgIpc) is 2.64. The van der Waals surface area contributed by atoms with Crippen molar-refractivity contribution in [1.82, 2.24) is 5.32 Å².